The van der Waals surface area contributed by atoms with Crippen LogP contribution in [-0.2, 0) is 4.79 Å². The molecule has 3 heteroatoms. The highest BCUT2D eigenvalue weighted by Gasteiger charge is 2.24. The van der Waals surface area contributed by atoms with Crippen LogP contribution in [0.5, 0.6) is 0 Å². The highest BCUT2D eigenvalue weighted by molar-refractivity contribution is 5.76. The van der Waals surface area contributed by atoms with E-state index in [2.05, 4.69) is 6.92 Å². The molecule has 0 saturated heterocycles. The van der Waals surface area contributed by atoms with Gasteiger partial charge in [0.15, 0.2) is 0 Å². The van der Waals surface area contributed by atoms with Crippen molar-refractivity contribution < 1.29 is 9.90 Å². The zero-order valence-electron chi connectivity index (χ0n) is 10.6. The lowest BCUT2D eigenvalue weighted by Crippen LogP contribution is -2.39. The minimum absolute atomic E-state index is 0.192. The topological polar surface area (TPSA) is 40.5 Å². The quantitative estimate of drug-likeness (QED) is 0.731. The van der Waals surface area contributed by atoms with Gasteiger partial charge in [-0.1, -0.05) is 19.8 Å². The van der Waals surface area contributed by atoms with E-state index in [9.17, 15) is 4.79 Å². The van der Waals surface area contributed by atoms with Crippen molar-refractivity contribution in [2.45, 2.75) is 57.9 Å². The van der Waals surface area contributed by atoms with Gasteiger partial charge < -0.3 is 10.0 Å². The van der Waals surface area contributed by atoms with Crippen molar-refractivity contribution in [2.75, 3.05) is 13.7 Å². The number of unbranched alkanes of at least 4 members (excludes halogenated alkanes) is 1. The molecule has 94 valence electrons. The molecule has 0 radical (unpaired) electrons. The number of carbonyl (C=O) groups excluding carboxylic acids is 1. The van der Waals surface area contributed by atoms with Crippen molar-refractivity contribution in [3.63, 3.8) is 0 Å². The van der Waals surface area contributed by atoms with Crippen LogP contribution in [0, 0.1) is 5.92 Å². The van der Waals surface area contributed by atoms with Gasteiger partial charge in [0.05, 0.1) is 0 Å². The lowest BCUT2D eigenvalue weighted by molar-refractivity contribution is -0.132. The fraction of sp³-hybridized carbons (Fsp3) is 0.923. The summed E-state index contributed by atoms with van der Waals surface area (Å²) < 4.78 is 0. The Morgan fingerprint density at radius 1 is 1.38 bits per heavy atom. The monoisotopic (exact) mass is 227 g/mol. The van der Waals surface area contributed by atoms with Crippen LogP contribution in [-0.4, -0.2) is 35.6 Å². The number of carbonyl (C=O) groups is 1. The number of hydrogen-bond donors (Lipinski definition) is 1. The average molecular weight is 227 g/mol. The Morgan fingerprint density at radius 3 is 2.75 bits per heavy atom. The predicted octanol–water partition coefficient (Wildman–Crippen LogP) is 2.19. The van der Waals surface area contributed by atoms with Gasteiger partial charge in [-0.2, -0.15) is 0 Å². The minimum Gasteiger partial charge on any atom is -0.396 e. The Morgan fingerprint density at radius 2 is 2.12 bits per heavy atom. The Hall–Kier alpha value is -0.570. The van der Waals surface area contributed by atoms with Crippen molar-refractivity contribution in [1.29, 1.82) is 0 Å². The van der Waals surface area contributed by atoms with Crippen LogP contribution in [0.2, 0.25) is 0 Å². The minimum atomic E-state index is 0.192. The van der Waals surface area contributed by atoms with Crippen LogP contribution in [0.15, 0.2) is 0 Å². The molecule has 1 N–H and O–H groups in total. The lowest BCUT2D eigenvalue weighted by atomic mass is 9.86. The fourth-order valence-electron chi connectivity index (χ4n) is 2.52. The van der Waals surface area contributed by atoms with E-state index in [1.807, 2.05) is 11.9 Å². The summed E-state index contributed by atoms with van der Waals surface area (Å²) in [5, 5.41) is 8.68. The first-order valence-electron chi connectivity index (χ1n) is 6.51. The summed E-state index contributed by atoms with van der Waals surface area (Å²) >= 11 is 0. The first-order chi connectivity index (χ1) is 7.65. The molecule has 0 aromatic heterocycles. The Bertz CT molecular complexity index is 218. The van der Waals surface area contributed by atoms with Crippen LogP contribution in [0.3, 0.4) is 0 Å². The zero-order chi connectivity index (χ0) is 12.0. The second-order valence-electron chi connectivity index (χ2n) is 5.11. The number of amides is 1. The molecule has 1 fully saturated rings. The maximum Gasteiger partial charge on any atom is 0.222 e. The van der Waals surface area contributed by atoms with Gasteiger partial charge in [-0.25, -0.2) is 0 Å². The third-order valence-corrected chi connectivity index (χ3v) is 3.65. The van der Waals surface area contributed by atoms with Crippen LogP contribution < -0.4 is 0 Å². The van der Waals surface area contributed by atoms with E-state index in [4.69, 9.17) is 5.11 Å². The Kier molecular flexibility index (Phi) is 5.81. The van der Waals surface area contributed by atoms with Gasteiger partial charge in [0.1, 0.15) is 0 Å². The van der Waals surface area contributed by atoms with Crippen molar-refractivity contribution in [1.82, 2.24) is 4.90 Å². The first kappa shape index (κ1) is 13.5. The normalized spacial score (nSPS) is 25.4. The molecule has 0 aromatic carbocycles. The van der Waals surface area contributed by atoms with Crippen LogP contribution in [0.4, 0.5) is 0 Å². The predicted molar refractivity (Wildman–Crippen MR) is 65.1 cm³/mol. The molecule has 0 spiro atoms. The molecule has 1 aliphatic rings. The van der Waals surface area contributed by atoms with Crippen LogP contribution in [0.25, 0.3) is 0 Å². The standard InChI is InChI=1S/C13H25NO2/c1-11-6-5-7-12(10-11)14(2)13(16)8-3-4-9-15/h11-12,15H,3-10H2,1-2H3. The van der Waals surface area contributed by atoms with Gasteiger partial charge in [0.2, 0.25) is 5.91 Å². The maximum atomic E-state index is 11.9. The molecule has 2 unspecified atom stereocenters. The molecule has 1 aliphatic carbocycles. The van der Waals surface area contributed by atoms with E-state index in [-0.39, 0.29) is 12.5 Å². The smallest absolute Gasteiger partial charge is 0.222 e. The van der Waals surface area contributed by atoms with E-state index in [0.29, 0.717) is 12.5 Å². The average Bonchev–Trinajstić information content (AvgIpc) is 2.28. The van der Waals surface area contributed by atoms with Gasteiger partial charge in [-0.05, 0) is 31.6 Å². The number of hydrogen-bond acceptors (Lipinski definition) is 2. The molecule has 2 atom stereocenters. The van der Waals surface area contributed by atoms with Crippen LogP contribution in [0.1, 0.15) is 51.9 Å². The number of rotatable bonds is 5. The van der Waals surface area contributed by atoms with Crippen molar-refractivity contribution in [3.8, 4) is 0 Å². The molecule has 16 heavy (non-hydrogen) atoms. The molecule has 1 amide bonds. The molecular weight excluding hydrogens is 202 g/mol. The molecule has 1 saturated carbocycles. The lowest BCUT2D eigenvalue weighted by Gasteiger charge is -2.34. The fourth-order valence-corrected chi connectivity index (χ4v) is 2.52. The molecule has 0 aliphatic heterocycles. The zero-order valence-corrected chi connectivity index (χ0v) is 10.6. The summed E-state index contributed by atoms with van der Waals surface area (Å²) in [4.78, 5) is 13.8. The molecular formula is C13H25NO2. The molecule has 0 heterocycles. The summed E-state index contributed by atoms with van der Waals surface area (Å²) in [6, 6.07) is 0.449. The number of aliphatic hydroxyl groups excluding tert-OH is 1. The van der Waals surface area contributed by atoms with Gasteiger partial charge in [-0.3, -0.25) is 4.79 Å². The Labute approximate surface area is 98.8 Å². The van der Waals surface area contributed by atoms with E-state index in [1.165, 1.54) is 12.8 Å². The third kappa shape index (κ3) is 4.12. The summed E-state index contributed by atoms with van der Waals surface area (Å²) in [5.41, 5.74) is 0. The van der Waals surface area contributed by atoms with E-state index in [0.717, 1.165) is 31.6 Å². The van der Waals surface area contributed by atoms with Gasteiger partial charge in [0.25, 0.3) is 0 Å². The summed E-state index contributed by atoms with van der Waals surface area (Å²) in [7, 11) is 1.93. The van der Waals surface area contributed by atoms with E-state index in [1.54, 1.807) is 0 Å². The van der Waals surface area contributed by atoms with Crippen molar-refractivity contribution >= 4 is 5.91 Å². The van der Waals surface area contributed by atoms with E-state index >= 15 is 0 Å². The first-order valence-corrected chi connectivity index (χ1v) is 6.51. The number of aliphatic hydroxyl groups is 1. The maximum absolute atomic E-state index is 11.9. The van der Waals surface area contributed by atoms with Crippen LogP contribution >= 0.6 is 0 Å². The molecule has 0 bridgehead atoms. The van der Waals surface area contributed by atoms with Gasteiger partial charge in [-0.15, -0.1) is 0 Å². The molecule has 3 nitrogen and oxygen atoms in total. The molecule has 0 aromatic rings. The van der Waals surface area contributed by atoms with Gasteiger partial charge >= 0.3 is 0 Å². The van der Waals surface area contributed by atoms with Crippen molar-refractivity contribution in [3.05, 3.63) is 0 Å². The molecule has 1 rings (SSSR count). The highest BCUT2D eigenvalue weighted by atomic mass is 16.3. The second-order valence-corrected chi connectivity index (χ2v) is 5.11. The second kappa shape index (κ2) is 6.89. The number of nitrogens with zero attached hydrogens (tertiary/aromatic N) is 1. The summed E-state index contributed by atoms with van der Waals surface area (Å²) in [5.74, 6) is 0.999. The summed E-state index contributed by atoms with van der Waals surface area (Å²) in [6.07, 6.45) is 7.00. The van der Waals surface area contributed by atoms with Crippen molar-refractivity contribution in [2.24, 2.45) is 5.92 Å². The third-order valence-electron chi connectivity index (χ3n) is 3.65. The largest absolute Gasteiger partial charge is 0.396 e. The van der Waals surface area contributed by atoms with Gasteiger partial charge in [0, 0.05) is 26.1 Å². The SMILES string of the molecule is CC1CCCC(N(C)C(=O)CCCCO)C1. The van der Waals surface area contributed by atoms with E-state index < -0.39 is 0 Å². The highest BCUT2D eigenvalue weighted by Crippen LogP contribution is 2.27. The Balaban J connectivity index is 2.31. The summed E-state index contributed by atoms with van der Waals surface area (Å²) in [6.45, 7) is 2.47.